The number of benzene rings is 2. The van der Waals surface area contributed by atoms with Crippen LogP contribution in [0.5, 0.6) is 0 Å². The summed E-state index contributed by atoms with van der Waals surface area (Å²) in [4.78, 5) is 12.9. The Hall–Kier alpha value is -3.02. The highest BCUT2D eigenvalue weighted by Crippen LogP contribution is 2.35. The van der Waals surface area contributed by atoms with Crippen molar-refractivity contribution >= 4 is 5.69 Å². The second-order valence-corrected chi connectivity index (χ2v) is 7.42. The molecule has 0 saturated carbocycles. The lowest BCUT2D eigenvalue weighted by Gasteiger charge is -2.21. The molecule has 1 aromatic heterocycles. The lowest BCUT2D eigenvalue weighted by atomic mass is 9.89. The van der Waals surface area contributed by atoms with Gasteiger partial charge in [-0.15, -0.1) is 0 Å². The van der Waals surface area contributed by atoms with E-state index in [1.807, 2.05) is 42.5 Å². The molecule has 0 fully saturated rings. The number of rotatable bonds is 3. The van der Waals surface area contributed by atoms with Crippen molar-refractivity contribution in [1.29, 1.82) is 0 Å². The highest BCUT2D eigenvalue weighted by atomic mass is 19.4. The third-order valence-corrected chi connectivity index (χ3v) is 5.47. The second-order valence-electron chi connectivity index (χ2n) is 7.42. The van der Waals surface area contributed by atoms with E-state index in [0.717, 1.165) is 42.9 Å². The van der Waals surface area contributed by atoms with Crippen LogP contribution < -0.4 is 11.3 Å². The van der Waals surface area contributed by atoms with Crippen LogP contribution in [-0.2, 0) is 25.6 Å². The molecule has 3 aromatic rings. The summed E-state index contributed by atoms with van der Waals surface area (Å²) in [5, 5.41) is 0. The molecular formula is C23H21F3N2O. The smallest absolute Gasteiger partial charge is 0.394 e. The minimum Gasteiger partial charge on any atom is -0.394 e. The summed E-state index contributed by atoms with van der Waals surface area (Å²) in [6, 6.07) is 15.8. The van der Waals surface area contributed by atoms with E-state index in [4.69, 9.17) is 5.73 Å². The first kappa shape index (κ1) is 19.3. The monoisotopic (exact) mass is 398 g/mol. The number of pyridine rings is 1. The molecule has 0 atom stereocenters. The number of nitrogens with zero attached hydrogens (tertiary/aromatic N) is 1. The Balaban J connectivity index is 1.92. The molecule has 2 aromatic carbocycles. The van der Waals surface area contributed by atoms with E-state index in [-0.39, 0.29) is 12.2 Å². The van der Waals surface area contributed by atoms with Crippen LogP contribution in [0.15, 0.2) is 59.4 Å². The first-order chi connectivity index (χ1) is 13.8. The molecule has 6 heteroatoms. The van der Waals surface area contributed by atoms with E-state index >= 15 is 0 Å². The van der Waals surface area contributed by atoms with Gasteiger partial charge in [-0.2, -0.15) is 13.2 Å². The number of hydrogen-bond acceptors (Lipinski definition) is 2. The molecule has 1 aliphatic carbocycles. The molecule has 0 saturated heterocycles. The molecule has 29 heavy (non-hydrogen) atoms. The van der Waals surface area contributed by atoms with Gasteiger partial charge in [-0.3, -0.25) is 4.79 Å². The number of fused-ring (bicyclic) bond motifs is 1. The molecular weight excluding hydrogens is 377 g/mol. The third-order valence-electron chi connectivity index (χ3n) is 5.47. The molecule has 0 spiro atoms. The van der Waals surface area contributed by atoms with Crippen molar-refractivity contribution in [2.75, 3.05) is 5.73 Å². The second kappa shape index (κ2) is 7.43. The van der Waals surface area contributed by atoms with E-state index in [1.165, 1.54) is 10.1 Å². The van der Waals surface area contributed by atoms with Crippen LogP contribution in [0.25, 0.3) is 11.3 Å². The Kier molecular flexibility index (Phi) is 4.94. The van der Waals surface area contributed by atoms with E-state index in [9.17, 15) is 18.0 Å². The maximum atomic E-state index is 13.5. The first-order valence-electron chi connectivity index (χ1n) is 9.61. The molecule has 150 valence electrons. The quantitative estimate of drug-likeness (QED) is 0.672. The van der Waals surface area contributed by atoms with Gasteiger partial charge < -0.3 is 10.3 Å². The molecule has 0 bridgehead atoms. The number of alkyl halides is 3. The summed E-state index contributed by atoms with van der Waals surface area (Å²) in [6.45, 7) is 0.147. The molecule has 3 nitrogen and oxygen atoms in total. The molecule has 2 N–H and O–H groups in total. The number of nitrogen functional groups attached to an aromatic ring is 1. The van der Waals surface area contributed by atoms with Crippen molar-refractivity contribution in [3.8, 4) is 11.3 Å². The summed E-state index contributed by atoms with van der Waals surface area (Å²) in [5.74, 6) is 0. The number of anilines is 1. The molecule has 0 amide bonds. The zero-order chi connectivity index (χ0) is 20.6. The molecule has 0 aliphatic heterocycles. The number of aryl methyl sites for hydroxylation is 2. The van der Waals surface area contributed by atoms with Crippen molar-refractivity contribution < 1.29 is 13.2 Å². The first-order valence-corrected chi connectivity index (χ1v) is 9.61. The zero-order valence-electron chi connectivity index (χ0n) is 15.8. The molecule has 1 aliphatic rings. The maximum absolute atomic E-state index is 13.5. The number of halogens is 3. The van der Waals surface area contributed by atoms with Crippen LogP contribution in [0.4, 0.5) is 18.9 Å². The summed E-state index contributed by atoms with van der Waals surface area (Å²) in [7, 11) is 0. The Morgan fingerprint density at radius 3 is 2.31 bits per heavy atom. The van der Waals surface area contributed by atoms with Crippen molar-refractivity contribution in [1.82, 2.24) is 4.57 Å². The number of nitrogens with two attached hydrogens (primary N) is 1. The van der Waals surface area contributed by atoms with Gasteiger partial charge in [0.2, 0.25) is 0 Å². The predicted octanol–water partition coefficient (Wildman–Crippen LogP) is 5.04. The standard InChI is InChI=1S/C23H21F3N2O/c24-23(25,26)19-13-20(18-11-10-16-8-4-5-9-17(16)12-18)28(22(29)21(19)27)14-15-6-2-1-3-7-15/h1-3,6-7,10-13H,4-5,8-9,14,27H2. The van der Waals surface area contributed by atoms with E-state index in [1.54, 1.807) is 6.07 Å². The van der Waals surface area contributed by atoms with Crippen molar-refractivity contribution in [3.05, 3.63) is 87.2 Å². The van der Waals surface area contributed by atoms with E-state index < -0.39 is 23.0 Å². The number of aromatic nitrogens is 1. The fourth-order valence-corrected chi connectivity index (χ4v) is 3.95. The van der Waals surface area contributed by atoms with Crippen LogP contribution in [0.1, 0.15) is 35.1 Å². The van der Waals surface area contributed by atoms with Crippen molar-refractivity contribution in [2.24, 2.45) is 0 Å². The van der Waals surface area contributed by atoms with E-state index in [2.05, 4.69) is 0 Å². The van der Waals surface area contributed by atoms with E-state index in [0.29, 0.717) is 5.56 Å². The van der Waals surface area contributed by atoms with Crippen LogP contribution in [0.3, 0.4) is 0 Å². The van der Waals surface area contributed by atoms with Gasteiger partial charge in [0, 0.05) is 0 Å². The topological polar surface area (TPSA) is 48.0 Å². The highest BCUT2D eigenvalue weighted by Gasteiger charge is 2.35. The van der Waals surface area contributed by atoms with Gasteiger partial charge in [0.1, 0.15) is 5.69 Å². The minimum absolute atomic E-state index is 0.147. The summed E-state index contributed by atoms with van der Waals surface area (Å²) in [5.41, 5.74) is 6.96. The average Bonchev–Trinajstić information content (AvgIpc) is 2.71. The van der Waals surface area contributed by atoms with Gasteiger partial charge in [-0.1, -0.05) is 42.5 Å². The van der Waals surface area contributed by atoms with Gasteiger partial charge in [-0.05, 0) is 60.1 Å². The van der Waals surface area contributed by atoms with Gasteiger partial charge in [-0.25, -0.2) is 0 Å². The molecule has 4 rings (SSSR count). The van der Waals surface area contributed by atoms with Crippen LogP contribution >= 0.6 is 0 Å². The predicted molar refractivity (Wildman–Crippen MR) is 108 cm³/mol. The molecule has 0 radical (unpaired) electrons. The SMILES string of the molecule is Nc1c(C(F)(F)F)cc(-c2ccc3c(c2)CCCC3)n(Cc2ccccc2)c1=O. The Morgan fingerprint density at radius 2 is 1.62 bits per heavy atom. The maximum Gasteiger partial charge on any atom is 0.418 e. The highest BCUT2D eigenvalue weighted by molar-refractivity contribution is 5.66. The third kappa shape index (κ3) is 3.79. The minimum atomic E-state index is -4.70. The molecule has 1 heterocycles. The average molecular weight is 398 g/mol. The van der Waals surface area contributed by atoms with Gasteiger partial charge in [0.15, 0.2) is 0 Å². The van der Waals surface area contributed by atoms with Crippen LogP contribution in [-0.4, -0.2) is 4.57 Å². The van der Waals surface area contributed by atoms with Gasteiger partial charge in [0.05, 0.1) is 17.8 Å². The summed E-state index contributed by atoms with van der Waals surface area (Å²) < 4.78 is 41.9. The lowest BCUT2D eigenvalue weighted by Crippen LogP contribution is -2.28. The van der Waals surface area contributed by atoms with Gasteiger partial charge >= 0.3 is 6.18 Å². The van der Waals surface area contributed by atoms with Gasteiger partial charge in [0.25, 0.3) is 5.56 Å². The normalized spacial score (nSPS) is 13.9. The lowest BCUT2D eigenvalue weighted by molar-refractivity contribution is -0.137. The van der Waals surface area contributed by atoms with Crippen molar-refractivity contribution in [3.63, 3.8) is 0 Å². The van der Waals surface area contributed by atoms with Crippen molar-refractivity contribution in [2.45, 2.75) is 38.4 Å². The molecule has 0 unspecified atom stereocenters. The Bertz CT molecular complexity index is 1100. The largest absolute Gasteiger partial charge is 0.418 e. The summed E-state index contributed by atoms with van der Waals surface area (Å²) >= 11 is 0. The van der Waals surface area contributed by atoms with Crippen LogP contribution in [0.2, 0.25) is 0 Å². The zero-order valence-corrected chi connectivity index (χ0v) is 15.8. The summed E-state index contributed by atoms with van der Waals surface area (Å²) in [6.07, 6.45) is -0.652. The Labute approximate surface area is 166 Å². The number of hydrogen-bond donors (Lipinski definition) is 1. The Morgan fingerprint density at radius 1 is 0.931 bits per heavy atom. The fourth-order valence-electron chi connectivity index (χ4n) is 3.95. The van der Waals surface area contributed by atoms with Crippen LogP contribution in [0, 0.1) is 0 Å². The fraction of sp³-hybridized carbons (Fsp3) is 0.261.